The highest BCUT2D eigenvalue weighted by Gasteiger charge is 2.16. The fourth-order valence-corrected chi connectivity index (χ4v) is 3.87. The van der Waals surface area contributed by atoms with Crippen molar-refractivity contribution in [1.29, 1.82) is 0 Å². The second-order valence-electron chi connectivity index (χ2n) is 4.73. The minimum absolute atomic E-state index is 0.0993. The molecule has 0 heterocycles. The lowest BCUT2D eigenvalue weighted by atomic mass is 10.3. The van der Waals surface area contributed by atoms with Crippen LogP contribution in [0.2, 0.25) is 0 Å². The van der Waals surface area contributed by atoms with Gasteiger partial charge in [0.05, 0.1) is 14.2 Å². The topological polar surface area (TPSA) is 71.1 Å². The maximum absolute atomic E-state index is 11.0. The predicted molar refractivity (Wildman–Crippen MR) is 85.3 cm³/mol. The normalized spacial score (nSPS) is 10.0. The van der Waals surface area contributed by atoms with Crippen molar-refractivity contribution in [1.82, 2.24) is 0 Å². The van der Waals surface area contributed by atoms with Gasteiger partial charge < -0.3 is 18.9 Å². The lowest BCUT2D eigenvalue weighted by Gasteiger charge is -2.04. The minimum Gasteiger partial charge on any atom is -0.482 e. The van der Waals surface area contributed by atoms with E-state index in [1.54, 1.807) is 0 Å². The minimum atomic E-state index is -0.411. The van der Waals surface area contributed by atoms with Gasteiger partial charge in [0.2, 0.25) is 0 Å². The number of hydrogen-bond donors (Lipinski definition) is 0. The third-order valence-electron chi connectivity index (χ3n) is 3.01. The number of carbonyl (C=O) groups is 2. The van der Waals surface area contributed by atoms with E-state index >= 15 is 0 Å². The quantitative estimate of drug-likeness (QED) is 0.371. The Kier molecular flexibility index (Phi) is 7.52. The molecule has 25 heavy (non-hydrogen) atoms. The molecule has 0 aromatic heterocycles. The molecule has 0 atom stereocenters. The first kappa shape index (κ1) is 19.0. The molecule has 2 rings (SSSR count). The van der Waals surface area contributed by atoms with Gasteiger partial charge in [0.1, 0.15) is 11.5 Å². The SMILES string of the molecule is COC(=O)COc1ccc([I+]c2ccc(OCC(=O)OC)cc2)cc1. The molecule has 0 unspecified atom stereocenters. The Morgan fingerprint density at radius 3 is 1.40 bits per heavy atom. The molecule has 0 radical (unpaired) electrons. The number of methoxy groups -OCH3 is 2. The number of ether oxygens (including phenoxy) is 4. The monoisotopic (exact) mass is 457 g/mol. The predicted octanol–water partition coefficient (Wildman–Crippen LogP) is -1.08. The Bertz CT molecular complexity index is 635. The Morgan fingerprint density at radius 1 is 0.720 bits per heavy atom. The van der Waals surface area contributed by atoms with Crippen molar-refractivity contribution in [2.45, 2.75) is 0 Å². The van der Waals surface area contributed by atoms with Crippen LogP contribution in [-0.4, -0.2) is 39.4 Å². The highest BCUT2D eigenvalue weighted by molar-refractivity contribution is 5.71. The van der Waals surface area contributed by atoms with Crippen LogP contribution in [0.3, 0.4) is 0 Å². The molecule has 2 aromatic carbocycles. The first-order valence-electron chi connectivity index (χ1n) is 7.35. The molecule has 2 aromatic rings. The molecular formula is C18H18IO6+. The van der Waals surface area contributed by atoms with Crippen LogP contribution in [0.15, 0.2) is 48.5 Å². The van der Waals surface area contributed by atoms with E-state index in [9.17, 15) is 9.59 Å². The molecule has 0 bridgehead atoms. The Morgan fingerprint density at radius 2 is 1.08 bits per heavy atom. The Balaban J connectivity index is 1.87. The van der Waals surface area contributed by atoms with Crippen molar-refractivity contribution in [3.05, 3.63) is 55.7 Å². The molecule has 132 valence electrons. The second-order valence-corrected chi connectivity index (χ2v) is 7.76. The molecule has 6 nitrogen and oxygen atoms in total. The van der Waals surface area contributed by atoms with Gasteiger partial charge in [0.25, 0.3) is 0 Å². The Hall–Kier alpha value is -2.29. The first-order chi connectivity index (χ1) is 12.1. The van der Waals surface area contributed by atoms with Gasteiger partial charge in [0, 0.05) is 0 Å². The molecule has 0 spiro atoms. The van der Waals surface area contributed by atoms with Gasteiger partial charge >= 0.3 is 33.1 Å². The molecule has 0 fully saturated rings. The number of rotatable bonds is 8. The van der Waals surface area contributed by atoms with Crippen LogP contribution >= 0.6 is 0 Å². The lowest BCUT2D eigenvalue weighted by molar-refractivity contribution is -0.597. The van der Waals surface area contributed by atoms with Crippen molar-refractivity contribution in [2.75, 3.05) is 27.4 Å². The number of hydrogen-bond acceptors (Lipinski definition) is 6. The van der Waals surface area contributed by atoms with Gasteiger partial charge in [-0.1, -0.05) is 0 Å². The van der Waals surface area contributed by atoms with Gasteiger partial charge in [0.15, 0.2) is 20.4 Å². The van der Waals surface area contributed by atoms with Crippen LogP contribution in [-0.2, 0) is 19.1 Å². The summed E-state index contributed by atoms with van der Waals surface area (Å²) in [5.41, 5.74) is 0. The summed E-state index contributed by atoms with van der Waals surface area (Å²) in [6, 6.07) is 15.3. The van der Waals surface area contributed by atoms with Gasteiger partial charge in [-0.25, -0.2) is 9.59 Å². The molecule has 0 aliphatic heterocycles. The van der Waals surface area contributed by atoms with Crippen LogP contribution in [0.5, 0.6) is 11.5 Å². The molecule has 0 aliphatic carbocycles. The van der Waals surface area contributed by atoms with Crippen LogP contribution in [0, 0.1) is 7.14 Å². The maximum Gasteiger partial charge on any atom is 0.357 e. The number of carbonyl (C=O) groups excluding carboxylic acids is 2. The zero-order chi connectivity index (χ0) is 18.1. The average Bonchev–Trinajstić information content (AvgIpc) is 2.66. The summed E-state index contributed by atoms with van der Waals surface area (Å²) in [6.07, 6.45) is 0. The van der Waals surface area contributed by atoms with E-state index < -0.39 is 11.9 Å². The zero-order valence-corrected chi connectivity index (χ0v) is 16.0. The molecule has 0 saturated carbocycles. The van der Waals surface area contributed by atoms with Crippen molar-refractivity contribution >= 4 is 11.9 Å². The number of benzene rings is 2. The van der Waals surface area contributed by atoms with E-state index in [1.165, 1.54) is 21.4 Å². The lowest BCUT2D eigenvalue weighted by Crippen LogP contribution is -3.61. The highest BCUT2D eigenvalue weighted by atomic mass is 127. The molecule has 7 heteroatoms. The maximum atomic E-state index is 11.0. The molecule has 0 aliphatic rings. The summed E-state index contributed by atoms with van der Waals surface area (Å²) in [7, 11) is 2.65. The number of halogens is 1. The van der Waals surface area contributed by atoms with E-state index in [1.807, 2.05) is 48.5 Å². The third kappa shape index (κ3) is 6.61. The fraction of sp³-hybridized carbons (Fsp3) is 0.222. The third-order valence-corrected chi connectivity index (χ3v) is 5.70. The van der Waals surface area contributed by atoms with E-state index in [2.05, 4.69) is 9.47 Å². The number of esters is 2. The van der Waals surface area contributed by atoms with Gasteiger partial charge in [-0.3, -0.25) is 0 Å². The first-order valence-corrected chi connectivity index (χ1v) is 9.50. The summed E-state index contributed by atoms with van der Waals surface area (Å²) < 4.78 is 22.1. The summed E-state index contributed by atoms with van der Waals surface area (Å²) in [5.74, 6) is 0.437. The standard InChI is InChI=1S/C18H18IO6/c1-22-17(20)11-24-15-7-3-13(4-8-15)19-14-5-9-16(10-6-14)25-12-18(21)23-2/h3-10H,11-12H2,1-2H3/q+1. The van der Waals surface area contributed by atoms with E-state index in [0.717, 1.165) is 0 Å². The second kappa shape index (κ2) is 9.87. The summed E-state index contributed by atoms with van der Waals surface area (Å²) in [5, 5.41) is 0. The van der Waals surface area contributed by atoms with Crippen LogP contribution in [0.25, 0.3) is 0 Å². The van der Waals surface area contributed by atoms with Crippen LogP contribution < -0.4 is 30.7 Å². The van der Waals surface area contributed by atoms with Crippen molar-refractivity contribution in [3.8, 4) is 11.5 Å². The Labute approximate surface area is 156 Å². The largest absolute Gasteiger partial charge is 0.482 e. The van der Waals surface area contributed by atoms with Crippen molar-refractivity contribution in [2.24, 2.45) is 0 Å². The molecular weight excluding hydrogens is 439 g/mol. The summed E-state index contributed by atoms with van der Waals surface area (Å²) in [4.78, 5) is 22.1. The molecule has 0 amide bonds. The molecule has 0 N–H and O–H groups in total. The van der Waals surface area contributed by atoms with E-state index in [-0.39, 0.29) is 34.4 Å². The fourth-order valence-electron chi connectivity index (χ4n) is 1.72. The van der Waals surface area contributed by atoms with Crippen molar-refractivity contribution in [3.63, 3.8) is 0 Å². The summed E-state index contributed by atoms with van der Waals surface area (Å²) in [6.45, 7) is -0.199. The zero-order valence-electron chi connectivity index (χ0n) is 13.9. The molecule has 0 saturated heterocycles. The van der Waals surface area contributed by atoms with Gasteiger partial charge in [-0.15, -0.1) is 0 Å². The van der Waals surface area contributed by atoms with E-state index in [0.29, 0.717) is 11.5 Å². The van der Waals surface area contributed by atoms with Gasteiger partial charge in [-0.2, -0.15) is 0 Å². The van der Waals surface area contributed by atoms with Crippen LogP contribution in [0.1, 0.15) is 0 Å². The summed E-state index contributed by atoms with van der Waals surface area (Å²) >= 11 is -0.343. The van der Waals surface area contributed by atoms with Gasteiger partial charge in [-0.05, 0) is 48.5 Å². The highest BCUT2D eigenvalue weighted by Crippen LogP contribution is 2.09. The smallest absolute Gasteiger partial charge is 0.357 e. The van der Waals surface area contributed by atoms with E-state index in [4.69, 9.17) is 9.47 Å². The van der Waals surface area contributed by atoms with Crippen molar-refractivity contribution < 1.29 is 49.7 Å². The van der Waals surface area contributed by atoms with Crippen LogP contribution in [0.4, 0.5) is 0 Å². The average molecular weight is 457 g/mol.